The van der Waals surface area contributed by atoms with Gasteiger partial charge in [-0.15, -0.1) is 0 Å². The molecule has 0 aromatic carbocycles. The minimum atomic E-state index is 0.554. The SMILES string of the molecule is CC.CC.CC.CCC1(CC)CCCCN1C. The number of nitrogens with zero attached hydrogens (tertiary/aromatic N) is 1. The van der Waals surface area contributed by atoms with Crippen molar-refractivity contribution in [1.82, 2.24) is 4.90 Å². The molecule has 0 unspecified atom stereocenters. The molecule has 1 rings (SSSR count). The van der Waals surface area contributed by atoms with Crippen LogP contribution in [0.1, 0.15) is 87.5 Å². The van der Waals surface area contributed by atoms with Crippen LogP contribution in [0.3, 0.4) is 0 Å². The van der Waals surface area contributed by atoms with Crippen molar-refractivity contribution in [1.29, 1.82) is 0 Å². The molecular weight excluding hydrogens is 206 g/mol. The lowest BCUT2D eigenvalue weighted by Crippen LogP contribution is -2.48. The summed E-state index contributed by atoms with van der Waals surface area (Å²) in [6.45, 7) is 18.0. The van der Waals surface area contributed by atoms with Crippen molar-refractivity contribution in [3.63, 3.8) is 0 Å². The normalized spacial score (nSPS) is 17.5. The maximum Gasteiger partial charge on any atom is 0.0201 e. The first-order chi connectivity index (χ1) is 8.25. The Bertz CT molecular complexity index is 117. The maximum atomic E-state index is 2.57. The van der Waals surface area contributed by atoms with E-state index in [9.17, 15) is 0 Å². The van der Waals surface area contributed by atoms with Crippen molar-refractivity contribution in [2.75, 3.05) is 13.6 Å². The number of likely N-dealkylation sites (tertiary alicyclic amines) is 1. The molecule has 1 aliphatic rings. The summed E-state index contributed by atoms with van der Waals surface area (Å²) in [6.07, 6.45) is 6.89. The lowest BCUT2D eigenvalue weighted by molar-refractivity contribution is 0.0651. The third kappa shape index (κ3) is 7.81. The average molecular weight is 245 g/mol. The second-order valence-electron chi connectivity index (χ2n) is 3.81. The molecule has 0 atom stereocenters. The third-order valence-corrected chi connectivity index (χ3v) is 3.51. The lowest BCUT2D eigenvalue weighted by Gasteiger charge is -2.44. The summed E-state index contributed by atoms with van der Waals surface area (Å²) in [5, 5.41) is 0. The number of hydrogen-bond acceptors (Lipinski definition) is 1. The second kappa shape index (κ2) is 16.0. The molecule has 1 saturated heterocycles. The van der Waals surface area contributed by atoms with Crippen LogP contribution in [-0.4, -0.2) is 24.0 Å². The predicted molar refractivity (Wildman–Crippen MR) is 83.8 cm³/mol. The Labute approximate surface area is 112 Å². The molecule has 0 bridgehead atoms. The van der Waals surface area contributed by atoms with Crippen LogP contribution in [0, 0.1) is 0 Å². The van der Waals surface area contributed by atoms with Gasteiger partial charge in [-0.1, -0.05) is 61.8 Å². The van der Waals surface area contributed by atoms with Gasteiger partial charge in [0.15, 0.2) is 0 Å². The van der Waals surface area contributed by atoms with Crippen molar-refractivity contribution in [2.24, 2.45) is 0 Å². The molecule has 0 N–H and O–H groups in total. The topological polar surface area (TPSA) is 3.24 Å². The van der Waals surface area contributed by atoms with Gasteiger partial charge >= 0.3 is 0 Å². The van der Waals surface area contributed by atoms with Crippen LogP contribution in [0.15, 0.2) is 0 Å². The van der Waals surface area contributed by atoms with Gasteiger partial charge < -0.3 is 4.90 Å². The van der Waals surface area contributed by atoms with Gasteiger partial charge in [0.25, 0.3) is 0 Å². The van der Waals surface area contributed by atoms with Crippen molar-refractivity contribution in [3.8, 4) is 0 Å². The molecule has 0 saturated carbocycles. The summed E-state index contributed by atoms with van der Waals surface area (Å²) in [5.74, 6) is 0. The Balaban J connectivity index is -0.000000285. The minimum Gasteiger partial charge on any atom is -0.301 e. The average Bonchev–Trinajstić information content (AvgIpc) is 2.46. The fraction of sp³-hybridized carbons (Fsp3) is 1.00. The molecule has 108 valence electrons. The van der Waals surface area contributed by atoms with E-state index in [-0.39, 0.29) is 0 Å². The van der Waals surface area contributed by atoms with Crippen LogP contribution in [0.5, 0.6) is 0 Å². The van der Waals surface area contributed by atoms with Crippen LogP contribution in [0.2, 0.25) is 0 Å². The van der Waals surface area contributed by atoms with E-state index in [0.29, 0.717) is 5.54 Å². The largest absolute Gasteiger partial charge is 0.301 e. The van der Waals surface area contributed by atoms with Crippen LogP contribution in [0.25, 0.3) is 0 Å². The first-order valence-corrected chi connectivity index (χ1v) is 7.96. The zero-order chi connectivity index (χ0) is 14.3. The molecule has 1 nitrogen and oxygen atoms in total. The van der Waals surface area contributed by atoms with Gasteiger partial charge in [0.1, 0.15) is 0 Å². The molecular formula is C16H39N. The summed E-state index contributed by atoms with van der Waals surface area (Å²) in [4.78, 5) is 2.57. The highest BCUT2D eigenvalue weighted by atomic mass is 15.2. The quantitative estimate of drug-likeness (QED) is 0.599. The van der Waals surface area contributed by atoms with E-state index in [2.05, 4.69) is 25.8 Å². The van der Waals surface area contributed by atoms with Gasteiger partial charge in [0.2, 0.25) is 0 Å². The Kier molecular flexibility index (Phi) is 20.8. The molecule has 0 aliphatic carbocycles. The summed E-state index contributed by atoms with van der Waals surface area (Å²) in [5.41, 5.74) is 0.554. The van der Waals surface area contributed by atoms with E-state index in [1.807, 2.05) is 41.5 Å². The monoisotopic (exact) mass is 245 g/mol. The van der Waals surface area contributed by atoms with E-state index in [0.717, 1.165) is 0 Å². The Hall–Kier alpha value is -0.0400. The van der Waals surface area contributed by atoms with Crippen LogP contribution in [-0.2, 0) is 0 Å². The van der Waals surface area contributed by atoms with Gasteiger partial charge in [-0.05, 0) is 39.3 Å². The molecule has 0 aromatic heterocycles. The highest BCUT2D eigenvalue weighted by Gasteiger charge is 2.32. The molecule has 1 aliphatic heterocycles. The fourth-order valence-corrected chi connectivity index (χ4v) is 2.37. The van der Waals surface area contributed by atoms with E-state index < -0.39 is 0 Å². The lowest BCUT2D eigenvalue weighted by atomic mass is 9.82. The second-order valence-corrected chi connectivity index (χ2v) is 3.81. The molecule has 1 heteroatoms. The molecule has 0 amide bonds. The summed E-state index contributed by atoms with van der Waals surface area (Å²) in [7, 11) is 2.28. The Morgan fingerprint density at radius 1 is 0.824 bits per heavy atom. The van der Waals surface area contributed by atoms with Crippen molar-refractivity contribution >= 4 is 0 Å². The van der Waals surface area contributed by atoms with Gasteiger partial charge in [0, 0.05) is 5.54 Å². The molecule has 0 aromatic rings. The molecule has 1 heterocycles. The maximum absolute atomic E-state index is 2.57. The van der Waals surface area contributed by atoms with Crippen LogP contribution in [0.4, 0.5) is 0 Å². The van der Waals surface area contributed by atoms with Crippen LogP contribution < -0.4 is 0 Å². The molecule has 0 radical (unpaired) electrons. The van der Waals surface area contributed by atoms with Crippen molar-refractivity contribution in [3.05, 3.63) is 0 Å². The molecule has 0 spiro atoms. The van der Waals surface area contributed by atoms with E-state index in [1.54, 1.807) is 0 Å². The van der Waals surface area contributed by atoms with E-state index in [4.69, 9.17) is 0 Å². The van der Waals surface area contributed by atoms with Crippen molar-refractivity contribution in [2.45, 2.75) is 93.0 Å². The fourth-order valence-electron chi connectivity index (χ4n) is 2.37. The number of hydrogen-bond donors (Lipinski definition) is 0. The Morgan fingerprint density at radius 3 is 1.47 bits per heavy atom. The minimum absolute atomic E-state index is 0.554. The van der Waals surface area contributed by atoms with E-state index >= 15 is 0 Å². The summed E-state index contributed by atoms with van der Waals surface area (Å²) < 4.78 is 0. The highest BCUT2D eigenvalue weighted by molar-refractivity contribution is 4.89. The first kappa shape index (κ1) is 22.2. The van der Waals surface area contributed by atoms with Gasteiger partial charge in [-0.2, -0.15) is 0 Å². The van der Waals surface area contributed by atoms with E-state index in [1.165, 1.54) is 38.6 Å². The first-order valence-electron chi connectivity index (χ1n) is 7.96. The number of piperidine rings is 1. The standard InChI is InChI=1S/C10H21N.3C2H6/c1-4-10(5-2)8-6-7-9-11(10)3;3*1-2/h4-9H2,1-3H3;3*1-2H3. The summed E-state index contributed by atoms with van der Waals surface area (Å²) in [6, 6.07) is 0. The molecule has 1 fully saturated rings. The highest BCUT2D eigenvalue weighted by Crippen LogP contribution is 2.32. The van der Waals surface area contributed by atoms with Gasteiger partial charge in [0.05, 0.1) is 0 Å². The number of rotatable bonds is 2. The van der Waals surface area contributed by atoms with Gasteiger partial charge in [-0.3, -0.25) is 0 Å². The van der Waals surface area contributed by atoms with Gasteiger partial charge in [-0.25, -0.2) is 0 Å². The Morgan fingerprint density at radius 2 is 1.24 bits per heavy atom. The zero-order valence-electron chi connectivity index (χ0n) is 14.2. The zero-order valence-corrected chi connectivity index (χ0v) is 14.2. The smallest absolute Gasteiger partial charge is 0.0201 e. The molecule has 17 heavy (non-hydrogen) atoms. The summed E-state index contributed by atoms with van der Waals surface area (Å²) >= 11 is 0. The third-order valence-electron chi connectivity index (χ3n) is 3.51. The van der Waals surface area contributed by atoms with Crippen molar-refractivity contribution < 1.29 is 0 Å². The predicted octanol–water partition coefficient (Wildman–Crippen LogP) is 5.74. The van der Waals surface area contributed by atoms with Crippen LogP contribution >= 0.6 is 0 Å².